The predicted molar refractivity (Wildman–Crippen MR) is 87.3 cm³/mol. The molecule has 1 aromatic heterocycles. The van der Waals surface area contributed by atoms with Crippen LogP contribution in [0.2, 0.25) is 0 Å². The molecule has 0 radical (unpaired) electrons. The highest BCUT2D eigenvalue weighted by Crippen LogP contribution is 2.17. The van der Waals surface area contributed by atoms with E-state index in [0.29, 0.717) is 4.49 Å². The van der Waals surface area contributed by atoms with Crippen molar-refractivity contribution in [2.45, 2.75) is 33.2 Å². The largest absolute Gasteiger partial charge is 0.324 e. The lowest BCUT2D eigenvalue weighted by atomic mass is 10.1. The molecule has 2 rings (SSSR count). The third-order valence-corrected chi connectivity index (χ3v) is 3.61. The van der Waals surface area contributed by atoms with Gasteiger partial charge in [0.2, 0.25) is 0 Å². The van der Waals surface area contributed by atoms with Crippen molar-refractivity contribution in [3.05, 3.63) is 52.3 Å². The second kappa shape index (κ2) is 6.96. The molecule has 2 aromatic rings. The molecule has 0 amide bonds. The standard InChI is InChI=1S/C16H18Cl2N2/c1-12(6-5-9-16(17)18)10-11-20-13(2)19-14-7-3-4-8-15(14)20/h3-4,7-10H,5-6,11H2,1-2H3/b12-10+. The van der Waals surface area contributed by atoms with Crippen molar-refractivity contribution in [2.75, 3.05) is 0 Å². The minimum Gasteiger partial charge on any atom is -0.324 e. The van der Waals surface area contributed by atoms with Gasteiger partial charge in [-0.05, 0) is 38.8 Å². The summed E-state index contributed by atoms with van der Waals surface area (Å²) < 4.78 is 2.57. The van der Waals surface area contributed by atoms with Gasteiger partial charge in [0, 0.05) is 6.54 Å². The third kappa shape index (κ3) is 3.87. The fourth-order valence-electron chi connectivity index (χ4n) is 2.18. The van der Waals surface area contributed by atoms with Gasteiger partial charge in [-0.15, -0.1) is 0 Å². The minimum atomic E-state index is 0.342. The van der Waals surface area contributed by atoms with E-state index >= 15 is 0 Å². The Labute approximate surface area is 129 Å². The van der Waals surface area contributed by atoms with Crippen molar-refractivity contribution >= 4 is 34.2 Å². The van der Waals surface area contributed by atoms with Crippen molar-refractivity contribution in [3.63, 3.8) is 0 Å². The van der Waals surface area contributed by atoms with Gasteiger partial charge in [-0.3, -0.25) is 0 Å². The number of halogens is 2. The van der Waals surface area contributed by atoms with Gasteiger partial charge in [0.05, 0.1) is 11.0 Å². The maximum Gasteiger partial charge on any atom is 0.107 e. The van der Waals surface area contributed by atoms with Crippen molar-refractivity contribution in [3.8, 4) is 0 Å². The summed E-state index contributed by atoms with van der Waals surface area (Å²) in [4.78, 5) is 4.57. The van der Waals surface area contributed by atoms with E-state index in [4.69, 9.17) is 23.2 Å². The Balaban J connectivity index is 2.08. The van der Waals surface area contributed by atoms with Crippen LogP contribution in [-0.2, 0) is 6.54 Å². The van der Waals surface area contributed by atoms with Crippen LogP contribution in [-0.4, -0.2) is 9.55 Å². The highest BCUT2D eigenvalue weighted by Gasteiger charge is 2.04. The maximum absolute atomic E-state index is 5.60. The number of rotatable bonds is 5. The molecule has 1 aromatic carbocycles. The first kappa shape index (κ1) is 15.1. The summed E-state index contributed by atoms with van der Waals surface area (Å²) in [6.45, 7) is 5.01. The molecule has 1 heterocycles. The fourth-order valence-corrected chi connectivity index (χ4v) is 2.40. The quantitative estimate of drug-likeness (QED) is 0.677. The lowest BCUT2D eigenvalue weighted by molar-refractivity contribution is 0.794. The van der Waals surface area contributed by atoms with Gasteiger partial charge in [-0.25, -0.2) is 4.98 Å². The molecular formula is C16H18Cl2N2. The van der Waals surface area contributed by atoms with E-state index in [2.05, 4.69) is 28.6 Å². The molecule has 20 heavy (non-hydrogen) atoms. The van der Waals surface area contributed by atoms with Crippen LogP contribution < -0.4 is 0 Å². The normalized spacial score (nSPS) is 11.9. The number of para-hydroxylation sites is 2. The average molecular weight is 309 g/mol. The number of aromatic nitrogens is 2. The lowest BCUT2D eigenvalue weighted by Crippen LogP contribution is -1.98. The van der Waals surface area contributed by atoms with Gasteiger partial charge in [-0.1, -0.05) is 53.1 Å². The molecule has 4 heteroatoms. The van der Waals surface area contributed by atoms with Crippen LogP contribution >= 0.6 is 23.2 Å². The summed E-state index contributed by atoms with van der Waals surface area (Å²) in [6, 6.07) is 8.21. The Bertz CT molecular complexity index is 650. The number of benzene rings is 1. The van der Waals surface area contributed by atoms with Crippen LogP contribution in [0.3, 0.4) is 0 Å². The Morgan fingerprint density at radius 2 is 2.00 bits per heavy atom. The zero-order valence-electron chi connectivity index (χ0n) is 11.7. The van der Waals surface area contributed by atoms with Gasteiger partial charge in [0.1, 0.15) is 10.3 Å². The second-order valence-corrected chi connectivity index (χ2v) is 5.85. The molecule has 106 valence electrons. The summed E-state index contributed by atoms with van der Waals surface area (Å²) in [5.41, 5.74) is 3.55. The van der Waals surface area contributed by atoms with Crippen molar-refractivity contribution in [1.29, 1.82) is 0 Å². The summed E-state index contributed by atoms with van der Waals surface area (Å²) in [5.74, 6) is 1.04. The molecule has 0 fully saturated rings. The van der Waals surface area contributed by atoms with Crippen LogP contribution in [0.15, 0.2) is 46.5 Å². The summed E-state index contributed by atoms with van der Waals surface area (Å²) in [5, 5.41) is 0. The average Bonchev–Trinajstić information content (AvgIpc) is 2.71. The molecule has 0 aliphatic rings. The zero-order valence-corrected chi connectivity index (χ0v) is 13.2. The number of hydrogen-bond donors (Lipinski definition) is 0. The summed E-state index contributed by atoms with van der Waals surface area (Å²) in [7, 11) is 0. The molecule has 0 saturated heterocycles. The van der Waals surface area contributed by atoms with E-state index in [0.717, 1.165) is 30.7 Å². The van der Waals surface area contributed by atoms with Crippen molar-refractivity contribution < 1.29 is 0 Å². The van der Waals surface area contributed by atoms with Gasteiger partial charge in [-0.2, -0.15) is 0 Å². The van der Waals surface area contributed by atoms with Gasteiger partial charge in [0.25, 0.3) is 0 Å². The van der Waals surface area contributed by atoms with Crippen LogP contribution in [0.25, 0.3) is 11.0 Å². The molecule has 0 spiro atoms. The molecular weight excluding hydrogens is 291 g/mol. The minimum absolute atomic E-state index is 0.342. The first-order valence-electron chi connectivity index (χ1n) is 6.66. The van der Waals surface area contributed by atoms with E-state index in [1.807, 2.05) is 31.2 Å². The number of hydrogen-bond acceptors (Lipinski definition) is 1. The molecule has 0 unspecified atom stereocenters. The fraction of sp³-hybridized carbons (Fsp3) is 0.312. The maximum atomic E-state index is 5.60. The number of imidazole rings is 1. The Morgan fingerprint density at radius 3 is 2.75 bits per heavy atom. The molecule has 0 aliphatic carbocycles. The van der Waals surface area contributed by atoms with E-state index in [1.165, 1.54) is 11.1 Å². The molecule has 0 bridgehead atoms. The first-order chi connectivity index (χ1) is 9.58. The molecule has 0 N–H and O–H groups in total. The first-order valence-corrected chi connectivity index (χ1v) is 7.42. The van der Waals surface area contributed by atoms with Crippen LogP contribution in [0.4, 0.5) is 0 Å². The van der Waals surface area contributed by atoms with Gasteiger partial charge >= 0.3 is 0 Å². The summed E-state index contributed by atoms with van der Waals surface area (Å²) in [6.07, 6.45) is 5.90. The van der Waals surface area contributed by atoms with Crippen molar-refractivity contribution in [1.82, 2.24) is 9.55 Å². The number of allylic oxidation sites excluding steroid dienone is 3. The Morgan fingerprint density at radius 1 is 1.25 bits per heavy atom. The van der Waals surface area contributed by atoms with Crippen LogP contribution in [0.5, 0.6) is 0 Å². The Kier molecular flexibility index (Phi) is 5.27. The second-order valence-electron chi connectivity index (χ2n) is 4.84. The highest BCUT2D eigenvalue weighted by atomic mass is 35.5. The molecule has 0 saturated carbocycles. The zero-order chi connectivity index (χ0) is 14.5. The van der Waals surface area contributed by atoms with E-state index in [9.17, 15) is 0 Å². The SMILES string of the molecule is C/C(=C\Cn1c(C)nc2ccccc21)CCC=C(Cl)Cl. The van der Waals surface area contributed by atoms with E-state index in [-0.39, 0.29) is 0 Å². The van der Waals surface area contributed by atoms with Crippen LogP contribution in [0, 0.1) is 6.92 Å². The molecule has 0 aliphatic heterocycles. The van der Waals surface area contributed by atoms with Gasteiger partial charge < -0.3 is 4.57 Å². The van der Waals surface area contributed by atoms with Crippen LogP contribution in [0.1, 0.15) is 25.6 Å². The van der Waals surface area contributed by atoms with E-state index in [1.54, 1.807) is 0 Å². The predicted octanol–water partition coefficient (Wildman–Crippen LogP) is 5.39. The molecule has 2 nitrogen and oxygen atoms in total. The Hall–Kier alpha value is -1.25. The van der Waals surface area contributed by atoms with E-state index < -0.39 is 0 Å². The lowest BCUT2D eigenvalue weighted by Gasteiger charge is -2.04. The van der Waals surface area contributed by atoms with Crippen molar-refractivity contribution in [2.24, 2.45) is 0 Å². The number of fused-ring (bicyclic) bond motifs is 1. The highest BCUT2D eigenvalue weighted by molar-refractivity contribution is 6.55. The molecule has 0 atom stereocenters. The number of nitrogens with zero attached hydrogens (tertiary/aromatic N) is 2. The summed E-state index contributed by atoms with van der Waals surface area (Å²) >= 11 is 11.2. The number of aryl methyl sites for hydroxylation is 1. The smallest absolute Gasteiger partial charge is 0.107 e. The van der Waals surface area contributed by atoms with Gasteiger partial charge in [0.15, 0.2) is 0 Å². The topological polar surface area (TPSA) is 17.8 Å². The monoisotopic (exact) mass is 308 g/mol. The third-order valence-electron chi connectivity index (χ3n) is 3.31.